The molecular weight excluding hydrogens is 314 g/mol. The van der Waals surface area contributed by atoms with Gasteiger partial charge < -0.3 is 15.4 Å². The molecule has 0 bridgehead atoms. The maximum absolute atomic E-state index is 12.2. The van der Waals surface area contributed by atoms with Gasteiger partial charge in [0, 0.05) is 31.2 Å². The predicted molar refractivity (Wildman–Crippen MR) is 95.3 cm³/mol. The third-order valence-electron chi connectivity index (χ3n) is 4.22. The highest BCUT2D eigenvalue weighted by Crippen LogP contribution is 2.29. The second-order valence-electron chi connectivity index (χ2n) is 5.81. The number of para-hydroxylation sites is 1. The summed E-state index contributed by atoms with van der Waals surface area (Å²) in [6.45, 7) is 7.13. The van der Waals surface area contributed by atoms with Crippen LogP contribution < -0.4 is 15.4 Å². The fraction of sp³-hybridized carbons (Fsp3) is 0.588. The van der Waals surface area contributed by atoms with E-state index in [1.165, 1.54) is 0 Å². The van der Waals surface area contributed by atoms with Crippen molar-refractivity contribution in [1.82, 2.24) is 15.5 Å². The normalized spacial score (nSPS) is 19.5. The van der Waals surface area contributed by atoms with Crippen LogP contribution in [0.25, 0.3) is 0 Å². The standard InChI is InChI=1S/C17H27N3O2.ClH/c1-4-13(2)19-17(21)12-20-10-9-18-11-15(20)14-7-5-6-8-16(14)22-3;/h5-8,13,15,18H,4,9-12H2,1-3H3,(H,19,21);1H. The number of hydrogen-bond acceptors (Lipinski definition) is 4. The number of piperazine rings is 1. The molecule has 2 N–H and O–H groups in total. The van der Waals surface area contributed by atoms with Gasteiger partial charge in [-0.3, -0.25) is 9.69 Å². The highest BCUT2D eigenvalue weighted by molar-refractivity contribution is 5.85. The van der Waals surface area contributed by atoms with Crippen molar-refractivity contribution in [3.63, 3.8) is 0 Å². The van der Waals surface area contributed by atoms with E-state index in [1.807, 2.05) is 25.1 Å². The molecule has 2 atom stereocenters. The van der Waals surface area contributed by atoms with Crippen molar-refractivity contribution in [2.45, 2.75) is 32.4 Å². The number of carbonyl (C=O) groups is 1. The lowest BCUT2D eigenvalue weighted by Crippen LogP contribution is -2.50. The Morgan fingerprint density at radius 2 is 2.22 bits per heavy atom. The van der Waals surface area contributed by atoms with E-state index in [1.54, 1.807) is 7.11 Å². The minimum Gasteiger partial charge on any atom is -0.496 e. The first-order valence-electron chi connectivity index (χ1n) is 8.02. The van der Waals surface area contributed by atoms with Crippen LogP contribution in [0.4, 0.5) is 0 Å². The van der Waals surface area contributed by atoms with Crippen LogP contribution in [-0.4, -0.2) is 50.1 Å². The van der Waals surface area contributed by atoms with E-state index < -0.39 is 0 Å². The van der Waals surface area contributed by atoms with E-state index >= 15 is 0 Å². The third-order valence-corrected chi connectivity index (χ3v) is 4.22. The number of hydrogen-bond donors (Lipinski definition) is 2. The second-order valence-corrected chi connectivity index (χ2v) is 5.81. The molecule has 2 unspecified atom stereocenters. The highest BCUT2D eigenvalue weighted by atomic mass is 35.5. The molecule has 1 aliphatic rings. The van der Waals surface area contributed by atoms with Crippen LogP contribution in [0, 0.1) is 0 Å². The molecule has 1 saturated heterocycles. The molecule has 0 radical (unpaired) electrons. The molecule has 1 aromatic carbocycles. The lowest BCUT2D eigenvalue weighted by atomic mass is 10.0. The summed E-state index contributed by atoms with van der Waals surface area (Å²) < 4.78 is 5.48. The number of amides is 1. The molecule has 5 nitrogen and oxygen atoms in total. The van der Waals surface area contributed by atoms with E-state index in [4.69, 9.17) is 4.74 Å². The molecular formula is C17H28ClN3O2. The summed E-state index contributed by atoms with van der Waals surface area (Å²) in [4.78, 5) is 14.4. The number of benzene rings is 1. The van der Waals surface area contributed by atoms with Crippen molar-refractivity contribution < 1.29 is 9.53 Å². The Balaban J connectivity index is 0.00000264. The first-order valence-corrected chi connectivity index (χ1v) is 8.02. The monoisotopic (exact) mass is 341 g/mol. The Hall–Kier alpha value is -1.30. The number of carbonyl (C=O) groups excluding carboxylic acids is 1. The zero-order valence-electron chi connectivity index (χ0n) is 14.2. The SMILES string of the molecule is CCC(C)NC(=O)CN1CCNCC1c1ccccc1OC.Cl. The van der Waals surface area contributed by atoms with Gasteiger partial charge in [-0.15, -0.1) is 12.4 Å². The molecule has 0 aromatic heterocycles. The topological polar surface area (TPSA) is 53.6 Å². The molecule has 6 heteroatoms. The van der Waals surface area contributed by atoms with E-state index in [0.717, 1.165) is 37.4 Å². The van der Waals surface area contributed by atoms with Crippen molar-refractivity contribution >= 4 is 18.3 Å². The van der Waals surface area contributed by atoms with E-state index in [0.29, 0.717) is 6.54 Å². The minimum atomic E-state index is 0. The lowest BCUT2D eigenvalue weighted by molar-refractivity contribution is -0.123. The summed E-state index contributed by atoms with van der Waals surface area (Å²) in [6, 6.07) is 8.42. The van der Waals surface area contributed by atoms with Gasteiger partial charge in [0.1, 0.15) is 5.75 Å². The predicted octanol–water partition coefficient (Wildman–Crippen LogP) is 1.98. The van der Waals surface area contributed by atoms with Crippen molar-refractivity contribution in [3.05, 3.63) is 29.8 Å². The first-order chi connectivity index (χ1) is 10.7. The Labute approximate surface area is 145 Å². The molecule has 1 heterocycles. The summed E-state index contributed by atoms with van der Waals surface area (Å²) in [5.74, 6) is 0.972. The quantitative estimate of drug-likeness (QED) is 0.830. The zero-order chi connectivity index (χ0) is 15.9. The van der Waals surface area contributed by atoms with E-state index in [-0.39, 0.29) is 30.4 Å². The van der Waals surface area contributed by atoms with E-state index in [2.05, 4.69) is 28.5 Å². The van der Waals surface area contributed by atoms with Crippen LogP contribution in [0.5, 0.6) is 5.75 Å². The molecule has 1 aromatic rings. The van der Waals surface area contributed by atoms with Crippen molar-refractivity contribution in [2.24, 2.45) is 0 Å². The lowest BCUT2D eigenvalue weighted by Gasteiger charge is -2.36. The summed E-state index contributed by atoms with van der Waals surface area (Å²) in [7, 11) is 1.69. The Morgan fingerprint density at radius 1 is 1.48 bits per heavy atom. The maximum atomic E-state index is 12.2. The third kappa shape index (κ3) is 5.37. The van der Waals surface area contributed by atoms with Crippen molar-refractivity contribution in [1.29, 1.82) is 0 Å². The number of ether oxygens (including phenoxy) is 1. The Morgan fingerprint density at radius 3 is 2.91 bits per heavy atom. The Bertz CT molecular complexity index is 498. The van der Waals surface area contributed by atoms with Crippen LogP contribution >= 0.6 is 12.4 Å². The van der Waals surface area contributed by atoms with Crippen LogP contribution in [0.1, 0.15) is 31.9 Å². The Kier molecular flexibility index (Phi) is 8.37. The molecule has 0 aliphatic carbocycles. The van der Waals surface area contributed by atoms with Crippen LogP contribution in [0.15, 0.2) is 24.3 Å². The summed E-state index contributed by atoms with van der Waals surface area (Å²) in [6.07, 6.45) is 0.948. The molecule has 1 fully saturated rings. The van der Waals surface area contributed by atoms with Gasteiger partial charge in [0.25, 0.3) is 0 Å². The number of rotatable bonds is 6. The van der Waals surface area contributed by atoms with Crippen molar-refractivity contribution in [2.75, 3.05) is 33.3 Å². The van der Waals surface area contributed by atoms with Gasteiger partial charge in [0.05, 0.1) is 19.7 Å². The molecule has 23 heavy (non-hydrogen) atoms. The number of methoxy groups -OCH3 is 1. The van der Waals surface area contributed by atoms with Gasteiger partial charge in [-0.2, -0.15) is 0 Å². The molecule has 2 rings (SSSR count). The van der Waals surface area contributed by atoms with Gasteiger partial charge in [0.2, 0.25) is 5.91 Å². The molecule has 1 aliphatic heterocycles. The number of nitrogens with one attached hydrogen (secondary N) is 2. The first kappa shape index (κ1) is 19.7. The summed E-state index contributed by atoms with van der Waals surface area (Å²) in [5.41, 5.74) is 1.13. The maximum Gasteiger partial charge on any atom is 0.234 e. The molecule has 130 valence electrons. The average molecular weight is 342 g/mol. The fourth-order valence-electron chi connectivity index (χ4n) is 2.79. The van der Waals surface area contributed by atoms with Crippen LogP contribution in [0.2, 0.25) is 0 Å². The minimum absolute atomic E-state index is 0. The summed E-state index contributed by atoms with van der Waals surface area (Å²) in [5, 5.41) is 6.46. The van der Waals surface area contributed by atoms with Gasteiger partial charge >= 0.3 is 0 Å². The largest absolute Gasteiger partial charge is 0.496 e. The highest BCUT2D eigenvalue weighted by Gasteiger charge is 2.27. The van der Waals surface area contributed by atoms with Gasteiger partial charge in [-0.1, -0.05) is 25.1 Å². The summed E-state index contributed by atoms with van der Waals surface area (Å²) >= 11 is 0. The smallest absolute Gasteiger partial charge is 0.234 e. The second kappa shape index (κ2) is 9.75. The molecule has 1 amide bonds. The number of nitrogens with zero attached hydrogens (tertiary/aromatic N) is 1. The molecule has 0 saturated carbocycles. The van der Waals surface area contributed by atoms with Gasteiger partial charge in [-0.25, -0.2) is 0 Å². The zero-order valence-corrected chi connectivity index (χ0v) is 15.0. The van der Waals surface area contributed by atoms with Gasteiger partial charge in [0.15, 0.2) is 0 Å². The van der Waals surface area contributed by atoms with Crippen LogP contribution in [-0.2, 0) is 4.79 Å². The van der Waals surface area contributed by atoms with Crippen molar-refractivity contribution in [3.8, 4) is 5.75 Å². The fourth-order valence-corrected chi connectivity index (χ4v) is 2.79. The molecule has 0 spiro atoms. The van der Waals surface area contributed by atoms with Gasteiger partial charge in [-0.05, 0) is 19.4 Å². The van der Waals surface area contributed by atoms with Crippen LogP contribution in [0.3, 0.4) is 0 Å². The van der Waals surface area contributed by atoms with E-state index in [9.17, 15) is 4.79 Å². The number of halogens is 1. The average Bonchev–Trinajstić information content (AvgIpc) is 2.55.